The van der Waals surface area contributed by atoms with E-state index in [-0.39, 0.29) is 11.2 Å². The van der Waals surface area contributed by atoms with Crippen LogP contribution in [0.3, 0.4) is 0 Å². The molecule has 3 atom stereocenters. The van der Waals surface area contributed by atoms with Gasteiger partial charge in [0.1, 0.15) is 11.6 Å². The van der Waals surface area contributed by atoms with Crippen LogP contribution in [0.5, 0.6) is 5.75 Å². The van der Waals surface area contributed by atoms with Gasteiger partial charge in [-0.1, -0.05) is 38.1 Å². The van der Waals surface area contributed by atoms with Crippen LogP contribution in [-0.4, -0.2) is 83.4 Å². The Bertz CT molecular complexity index is 1630. The van der Waals surface area contributed by atoms with E-state index in [1.54, 1.807) is 12.1 Å². The van der Waals surface area contributed by atoms with Gasteiger partial charge in [0.25, 0.3) is 0 Å². The lowest BCUT2D eigenvalue weighted by Crippen LogP contribution is -2.51. The van der Waals surface area contributed by atoms with Crippen molar-refractivity contribution >= 4 is 11.7 Å². The SMILES string of the molecule is Cc1nc(CN2[C@@H]3CC[C@H]2CN(C)C3)c(-c2ccc(OCCc3ccc(F)cc3)cc2)c(N2CCC(C)(C)CC2)c1[C@H](OC(C)(C)C)C(=O)O. The fourth-order valence-corrected chi connectivity index (χ4v) is 8.03. The van der Waals surface area contributed by atoms with Gasteiger partial charge in [-0.25, -0.2) is 9.18 Å². The second-order valence-corrected chi connectivity index (χ2v) is 16.4. The van der Waals surface area contributed by atoms with E-state index < -0.39 is 17.7 Å². The number of nitrogens with zero attached hydrogens (tertiary/aromatic N) is 4. The molecule has 0 saturated carbocycles. The van der Waals surface area contributed by atoms with Gasteiger partial charge in [-0.2, -0.15) is 0 Å². The Labute approximate surface area is 297 Å². The molecule has 1 aromatic heterocycles. The number of aromatic nitrogens is 1. The van der Waals surface area contributed by atoms with Gasteiger partial charge in [0.15, 0.2) is 6.10 Å². The smallest absolute Gasteiger partial charge is 0.337 e. The summed E-state index contributed by atoms with van der Waals surface area (Å²) in [5.41, 5.74) is 5.80. The molecule has 0 unspecified atom stereocenters. The first-order valence-electron chi connectivity index (χ1n) is 18.3. The van der Waals surface area contributed by atoms with Crippen LogP contribution in [0.15, 0.2) is 48.5 Å². The van der Waals surface area contributed by atoms with Gasteiger partial charge in [0.2, 0.25) is 0 Å². The van der Waals surface area contributed by atoms with E-state index >= 15 is 0 Å². The molecular formula is C41H55FN4O4. The Morgan fingerprint density at radius 3 is 2.22 bits per heavy atom. The minimum absolute atomic E-state index is 0.210. The van der Waals surface area contributed by atoms with Crippen molar-refractivity contribution in [1.29, 1.82) is 0 Å². The number of halogens is 1. The normalized spacial score (nSPS) is 21.7. The molecule has 8 nitrogen and oxygen atoms in total. The summed E-state index contributed by atoms with van der Waals surface area (Å²) in [6.45, 7) is 17.2. The average Bonchev–Trinajstić information content (AvgIpc) is 3.28. The van der Waals surface area contributed by atoms with E-state index in [9.17, 15) is 14.3 Å². The highest BCUT2D eigenvalue weighted by Gasteiger charge is 2.41. The summed E-state index contributed by atoms with van der Waals surface area (Å²) in [5, 5.41) is 10.7. The minimum atomic E-state index is -1.17. The number of hydrogen-bond acceptors (Lipinski definition) is 7. The molecule has 1 N–H and O–H groups in total. The predicted molar refractivity (Wildman–Crippen MR) is 196 cm³/mol. The molecule has 3 aliphatic heterocycles. The highest BCUT2D eigenvalue weighted by molar-refractivity contribution is 5.88. The first-order chi connectivity index (χ1) is 23.7. The number of carbonyl (C=O) groups is 1. The number of aryl methyl sites for hydroxylation is 1. The van der Waals surface area contributed by atoms with E-state index in [0.29, 0.717) is 42.9 Å². The molecule has 0 aliphatic carbocycles. The predicted octanol–water partition coefficient (Wildman–Crippen LogP) is 7.66. The first-order valence-corrected chi connectivity index (χ1v) is 18.3. The lowest BCUT2D eigenvalue weighted by atomic mass is 9.81. The number of likely N-dealkylation sites (tertiary alicyclic amines) is 1. The zero-order valence-corrected chi connectivity index (χ0v) is 31.0. The van der Waals surface area contributed by atoms with Crippen LogP contribution in [0.4, 0.5) is 10.1 Å². The number of likely N-dealkylation sites (N-methyl/N-ethyl adjacent to an activating group) is 1. The van der Waals surface area contributed by atoms with Crippen LogP contribution in [0.2, 0.25) is 0 Å². The van der Waals surface area contributed by atoms with E-state index in [2.05, 4.69) is 47.7 Å². The van der Waals surface area contributed by atoms with Gasteiger partial charge in [-0.15, -0.1) is 0 Å². The fourth-order valence-electron chi connectivity index (χ4n) is 8.03. The largest absolute Gasteiger partial charge is 0.493 e. The number of aliphatic carboxylic acids is 1. The van der Waals surface area contributed by atoms with Gasteiger partial charge < -0.3 is 24.4 Å². The zero-order chi connectivity index (χ0) is 35.8. The van der Waals surface area contributed by atoms with Crippen molar-refractivity contribution in [2.24, 2.45) is 5.41 Å². The molecule has 3 fully saturated rings. The lowest BCUT2D eigenvalue weighted by molar-refractivity contribution is -0.160. The van der Waals surface area contributed by atoms with Crippen molar-refractivity contribution < 1.29 is 23.8 Å². The number of ether oxygens (including phenoxy) is 2. The number of pyridine rings is 1. The Kier molecular flexibility index (Phi) is 10.6. The molecule has 0 amide bonds. The van der Waals surface area contributed by atoms with Crippen LogP contribution in [0, 0.1) is 18.2 Å². The summed E-state index contributed by atoms with van der Waals surface area (Å²) in [6, 6.07) is 15.6. The van der Waals surface area contributed by atoms with Crippen molar-refractivity contribution in [3.8, 4) is 16.9 Å². The standard InChI is InChI=1S/C41H55FN4O4/c1-27-35(38(39(47)48)50-40(2,3)4)37(45-21-19-41(5,6)20-22-45)36(34(43-27)26-46-31-14-15-32(46)25-44(7)24-31)29-10-16-33(17-11-29)49-23-18-28-8-12-30(42)13-9-28/h8-13,16-17,31-32,38H,14-15,18-26H2,1-7H3,(H,47,48)/t31-,32+,38-/m0/s1. The highest BCUT2D eigenvalue weighted by atomic mass is 19.1. The lowest BCUT2D eigenvalue weighted by Gasteiger charge is -2.42. The Hall–Kier alpha value is -3.53. The number of anilines is 1. The first kappa shape index (κ1) is 36.3. The molecule has 270 valence electrons. The van der Waals surface area contributed by atoms with Crippen molar-refractivity contribution in [1.82, 2.24) is 14.8 Å². The third-order valence-corrected chi connectivity index (χ3v) is 10.7. The van der Waals surface area contributed by atoms with Crippen LogP contribution in [-0.2, 0) is 22.5 Å². The average molecular weight is 687 g/mol. The number of hydrogen-bond donors (Lipinski definition) is 1. The topological polar surface area (TPSA) is 78.4 Å². The third kappa shape index (κ3) is 8.32. The van der Waals surface area contributed by atoms with E-state index in [4.69, 9.17) is 14.5 Å². The molecule has 3 saturated heterocycles. The van der Waals surface area contributed by atoms with E-state index in [0.717, 1.165) is 72.8 Å². The molecule has 50 heavy (non-hydrogen) atoms. The molecule has 3 aromatic rings. The fraction of sp³-hybridized carbons (Fsp3) is 0.561. The van der Waals surface area contributed by atoms with Crippen LogP contribution in [0.1, 0.15) is 88.9 Å². The number of benzene rings is 2. The van der Waals surface area contributed by atoms with Crippen molar-refractivity contribution in [2.75, 3.05) is 44.7 Å². The van der Waals surface area contributed by atoms with Gasteiger partial charge >= 0.3 is 5.97 Å². The minimum Gasteiger partial charge on any atom is -0.493 e. The Balaban J connectivity index is 1.44. The summed E-state index contributed by atoms with van der Waals surface area (Å²) in [6.07, 6.45) is 3.87. The zero-order valence-electron chi connectivity index (χ0n) is 31.0. The van der Waals surface area contributed by atoms with Gasteiger partial charge in [-0.3, -0.25) is 9.88 Å². The molecule has 0 spiro atoms. The van der Waals surface area contributed by atoms with Crippen LogP contribution in [0.25, 0.3) is 11.1 Å². The molecule has 3 aliphatic rings. The molecule has 2 bridgehead atoms. The van der Waals surface area contributed by atoms with Gasteiger partial charge in [0, 0.05) is 68.0 Å². The van der Waals surface area contributed by atoms with Gasteiger partial charge in [0.05, 0.1) is 23.6 Å². The number of rotatable bonds is 11. The number of piperidine rings is 1. The maximum atomic E-state index is 13.4. The van der Waals surface area contributed by atoms with Crippen LogP contribution < -0.4 is 9.64 Å². The summed E-state index contributed by atoms with van der Waals surface area (Å²) < 4.78 is 25.9. The molecule has 6 rings (SSSR count). The van der Waals surface area contributed by atoms with Crippen molar-refractivity contribution in [2.45, 2.75) is 104 Å². The highest BCUT2D eigenvalue weighted by Crippen LogP contribution is 2.46. The number of piperazine rings is 1. The van der Waals surface area contributed by atoms with Crippen LogP contribution >= 0.6 is 0 Å². The monoisotopic (exact) mass is 686 g/mol. The third-order valence-electron chi connectivity index (χ3n) is 10.7. The molecule has 4 heterocycles. The Morgan fingerprint density at radius 2 is 1.64 bits per heavy atom. The number of fused-ring (bicyclic) bond motifs is 2. The maximum absolute atomic E-state index is 13.4. The summed E-state index contributed by atoms with van der Waals surface area (Å²) in [5.74, 6) is -0.509. The maximum Gasteiger partial charge on any atom is 0.337 e. The van der Waals surface area contributed by atoms with E-state index in [1.807, 2.05) is 39.8 Å². The second-order valence-electron chi connectivity index (χ2n) is 16.4. The second kappa shape index (κ2) is 14.6. The summed E-state index contributed by atoms with van der Waals surface area (Å²) in [4.78, 5) is 25.9. The van der Waals surface area contributed by atoms with Crippen molar-refractivity contribution in [3.05, 3.63) is 76.9 Å². The van der Waals surface area contributed by atoms with Gasteiger partial charge in [-0.05, 0) is 101 Å². The molecule has 9 heteroatoms. The number of carboxylic acid groups (broad SMARTS) is 1. The summed E-state index contributed by atoms with van der Waals surface area (Å²) >= 11 is 0. The molecule has 2 aromatic carbocycles. The molecule has 0 radical (unpaired) electrons. The summed E-state index contributed by atoms with van der Waals surface area (Å²) in [7, 11) is 2.21. The number of carboxylic acids is 1. The van der Waals surface area contributed by atoms with E-state index in [1.165, 1.54) is 25.0 Å². The molecular weight excluding hydrogens is 631 g/mol. The van der Waals surface area contributed by atoms with Crippen molar-refractivity contribution in [3.63, 3.8) is 0 Å². The Morgan fingerprint density at radius 1 is 1.02 bits per heavy atom. The quantitative estimate of drug-likeness (QED) is 0.220.